The van der Waals surface area contributed by atoms with Crippen molar-refractivity contribution in [3.63, 3.8) is 0 Å². The SMILES string of the molecule is COc1ccc([C@@H]2[C@H]3CCCC[C@]3(O)CC[NH+]2Cc2ccccc2Cl)cc1OC. The molecule has 1 saturated heterocycles. The Bertz CT molecular complexity index is 858. The molecule has 1 aliphatic heterocycles. The molecule has 4 rings (SSSR count). The Morgan fingerprint density at radius 3 is 2.62 bits per heavy atom. The Hall–Kier alpha value is -1.75. The molecule has 0 aromatic heterocycles. The fourth-order valence-electron chi connectivity index (χ4n) is 5.45. The van der Waals surface area contributed by atoms with Crippen molar-refractivity contribution in [3.05, 3.63) is 58.6 Å². The van der Waals surface area contributed by atoms with Crippen LogP contribution in [-0.4, -0.2) is 31.5 Å². The number of halogens is 1. The third-order valence-electron chi connectivity index (χ3n) is 6.93. The van der Waals surface area contributed by atoms with Gasteiger partial charge < -0.3 is 19.5 Å². The molecule has 4 nitrogen and oxygen atoms in total. The number of rotatable bonds is 5. The van der Waals surface area contributed by atoms with Crippen LogP contribution in [0.2, 0.25) is 5.02 Å². The Morgan fingerprint density at radius 2 is 1.86 bits per heavy atom. The van der Waals surface area contributed by atoms with Gasteiger partial charge in [0.05, 0.1) is 26.4 Å². The zero-order chi connectivity index (χ0) is 20.4. The molecule has 1 aliphatic carbocycles. The summed E-state index contributed by atoms with van der Waals surface area (Å²) in [4.78, 5) is 1.46. The van der Waals surface area contributed by atoms with Gasteiger partial charge in [-0.25, -0.2) is 0 Å². The van der Waals surface area contributed by atoms with Crippen molar-refractivity contribution in [1.29, 1.82) is 0 Å². The molecule has 2 aromatic carbocycles. The van der Waals surface area contributed by atoms with E-state index in [9.17, 15) is 5.11 Å². The van der Waals surface area contributed by atoms with Gasteiger partial charge in [-0.05, 0) is 37.1 Å². The molecule has 0 radical (unpaired) electrons. The summed E-state index contributed by atoms with van der Waals surface area (Å²) in [6, 6.07) is 14.5. The van der Waals surface area contributed by atoms with Gasteiger partial charge in [0.2, 0.25) is 0 Å². The summed E-state index contributed by atoms with van der Waals surface area (Å²) >= 11 is 6.49. The van der Waals surface area contributed by atoms with E-state index in [1.165, 1.54) is 16.9 Å². The molecule has 2 aliphatic rings. The van der Waals surface area contributed by atoms with Crippen molar-refractivity contribution in [2.45, 2.75) is 50.3 Å². The first-order valence-corrected chi connectivity index (χ1v) is 11.0. The van der Waals surface area contributed by atoms with Crippen molar-refractivity contribution in [1.82, 2.24) is 0 Å². The minimum atomic E-state index is -0.569. The number of quaternary nitrogens is 1. The molecule has 2 N–H and O–H groups in total. The molecule has 1 saturated carbocycles. The molecular formula is C24H31ClNO3+. The molecule has 2 fully saturated rings. The lowest BCUT2D eigenvalue weighted by Crippen LogP contribution is -3.13. The molecule has 1 heterocycles. The maximum Gasteiger partial charge on any atom is 0.161 e. The van der Waals surface area contributed by atoms with Gasteiger partial charge in [-0.3, -0.25) is 0 Å². The van der Waals surface area contributed by atoms with Crippen LogP contribution in [0.5, 0.6) is 11.5 Å². The Kier molecular flexibility index (Phi) is 6.05. The van der Waals surface area contributed by atoms with E-state index in [2.05, 4.69) is 18.2 Å². The van der Waals surface area contributed by atoms with Gasteiger partial charge >= 0.3 is 0 Å². The predicted molar refractivity (Wildman–Crippen MR) is 115 cm³/mol. The van der Waals surface area contributed by atoms with Crippen LogP contribution >= 0.6 is 11.6 Å². The number of likely N-dealkylation sites (tertiary alicyclic amines) is 1. The first-order chi connectivity index (χ1) is 14.1. The number of nitrogens with one attached hydrogen (secondary N) is 1. The summed E-state index contributed by atoms with van der Waals surface area (Å²) in [5.74, 6) is 1.71. The third-order valence-corrected chi connectivity index (χ3v) is 7.30. The number of hydrogen-bond acceptors (Lipinski definition) is 3. The number of piperidine rings is 1. The summed E-state index contributed by atoms with van der Waals surface area (Å²) in [5, 5.41) is 12.3. The summed E-state index contributed by atoms with van der Waals surface area (Å²) < 4.78 is 11.0. The molecule has 5 heteroatoms. The number of hydrogen-bond donors (Lipinski definition) is 2. The van der Waals surface area contributed by atoms with Crippen LogP contribution in [0.4, 0.5) is 0 Å². The monoisotopic (exact) mass is 416 g/mol. The summed E-state index contributed by atoms with van der Waals surface area (Å²) in [6.45, 7) is 1.78. The highest BCUT2D eigenvalue weighted by Crippen LogP contribution is 2.45. The van der Waals surface area contributed by atoms with Crippen LogP contribution in [0.15, 0.2) is 42.5 Å². The van der Waals surface area contributed by atoms with Crippen molar-refractivity contribution >= 4 is 11.6 Å². The van der Waals surface area contributed by atoms with E-state index in [4.69, 9.17) is 21.1 Å². The highest BCUT2D eigenvalue weighted by Gasteiger charge is 2.51. The second-order valence-electron chi connectivity index (χ2n) is 8.47. The average Bonchev–Trinajstić information content (AvgIpc) is 2.74. The smallest absolute Gasteiger partial charge is 0.161 e. The summed E-state index contributed by atoms with van der Waals surface area (Å²) in [6.07, 6.45) is 5.10. The molecule has 1 unspecified atom stereocenters. The van der Waals surface area contributed by atoms with E-state index >= 15 is 0 Å². The van der Waals surface area contributed by atoms with E-state index in [1.807, 2.05) is 24.3 Å². The van der Waals surface area contributed by atoms with Crippen LogP contribution in [0.1, 0.15) is 49.3 Å². The maximum atomic E-state index is 11.5. The van der Waals surface area contributed by atoms with E-state index in [0.717, 1.165) is 60.9 Å². The maximum absolute atomic E-state index is 11.5. The Morgan fingerprint density at radius 1 is 1.07 bits per heavy atom. The van der Waals surface area contributed by atoms with Gasteiger partial charge in [0.1, 0.15) is 12.6 Å². The second kappa shape index (κ2) is 8.55. The molecule has 29 heavy (non-hydrogen) atoms. The quantitative estimate of drug-likeness (QED) is 0.778. The number of ether oxygens (including phenoxy) is 2. The van der Waals surface area contributed by atoms with Gasteiger partial charge in [-0.1, -0.05) is 42.6 Å². The zero-order valence-electron chi connectivity index (χ0n) is 17.3. The van der Waals surface area contributed by atoms with Gasteiger partial charge in [0.25, 0.3) is 0 Å². The van der Waals surface area contributed by atoms with Crippen LogP contribution in [-0.2, 0) is 6.54 Å². The predicted octanol–water partition coefficient (Wildman–Crippen LogP) is 3.81. The van der Waals surface area contributed by atoms with E-state index < -0.39 is 5.60 Å². The average molecular weight is 417 g/mol. The fourth-order valence-corrected chi connectivity index (χ4v) is 5.66. The molecule has 2 aromatic rings. The zero-order valence-corrected chi connectivity index (χ0v) is 18.0. The van der Waals surface area contributed by atoms with Crippen molar-refractivity contribution < 1.29 is 19.5 Å². The van der Waals surface area contributed by atoms with Gasteiger partial charge in [-0.2, -0.15) is 0 Å². The Labute approximate surface area is 178 Å². The van der Waals surface area contributed by atoms with Crippen molar-refractivity contribution in [2.24, 2.45) is 5.92 Å². The lowest BCUT2D eigenvalue weighted by molar-refractivity contribution is -0.958. The van der Waals surface area contributed by atoms with Crippen molar-refractivity contribution in [2.75, 3.05) is 20.8 Å². The highest BCUT2D eigenvalue weighted by molar-refractivity contribution is 6.31. The number of methoxy groups -OCH3 is 2. The molecular weight excluding hydrogens is 386 g/mol. The topological polar surface area (TPSA) is 43.1 Å². The first kappa shape index (κ1) is 20.5. The molecule has 0 bridgehead atoms. The highest BCUT2D eigenvalue weighted by atomic mass is 35.5. The normalized spacial score (nSPS) is 29.2. The van der Waals surface area contributed by atoms with Crippen molar-refractivity contribution in [3.8, 4) is 11.5 Å². The standard InChI is InChI=1S/C24H30ClNO3/c1-28-21-11-10-17(15-22(21)29-2)23-19-8-5-6-12-24(19,27)13-14-26(23)16-18-7-3-4-9-20(18)25/h3-4,7,9-11,15,19,23,27H,5-6,8,12-14,16H2,1-2H3/p+1/t19-,23-,24+/m1/s1. The lowest BCUT2D eigenvalue weighted by atomic mass is 9.66. The van der Waals surface area contributed by atoms with E-state index in [-0.39, 0.29) is 12.0 Å². The lowest BCUT2D eigenvalue weighted by Gasteiger charge is -2.50. The van der Waals surface area contributed by atoms with Gasteiger partial charge in [0, 0.05) is 28.5 Å². The minimum Gasteiger partial charge on any atom is -0.493 e. The van der Waals surface area contributed by atoms with Crippen LogP contribution in [0.3, 0.4) is 0 Å². The van der Waals surface area contributed by atoms with Crippen LogP contribution < -0.4 is 14.4 Å². The van der Waals surface area contributed by atoms with Crippen LogP contribution in [0.25, 0.3) is 0 Å². The minimum absolute atomic E-state index is 0.199. The van der Waals surface area contributed by atoms with Crippen LogP contribution in [0, 0.1) is 5.92 Å². The van der Waals surface area contributed by atoms with Gasteiger partial charge in [-0.15, -0.1) is 0 Å². The van der Waals surface area contributed by atoms with E-state index in [0.29, 0.717) is 0 Å². The number of benzene rings is 2. The Balaban J connectivity index is 1.73. The second-order valence-corrected chi connectivity index (χ2v) is 8.88. The third kappa shape index (κ3) is 3.98. The summed E-state index contributed by atoms with van der Waals surface area (Å²) in [5.41, 5.74) is 1.80. The molecule has 0 amide bonds. The first-order valence-electron chi connectivity index (χ1n) is 10.6. The van der Waals surface area contributed by atoms with Gasteiger partial charge in [0.15, 0.2) is 11.5 Å². The number of aliphatic hydroxyl groups is 1. The molecule has 156 valence electrons. The summed E-state index contributed by atoms with van der Waals surface area (Å²) in [7, 11) is 3.33. The number of fused-ring (bicyclic) bond motifs is 1. The largest absolute Gasteiger partial charge is 0.493 e. The molecule has 4 atom stereocenters. The fraction of sp³-hybridized carbons (Fsp3) is 0.500. The molecule has 0 spiro atoms. The van der Waals surface area contributed by atoms with E-state index in [1.54, 1.807) is 14.2 Å².